The molecule has 1 heterocycles. The number of nitrogens with zero attached hydrogens (tertiary/aromatic N) is 1. The number of aliphatic imine (C=N–C) groups is 1. The summed E-state index contributed by atoms with van der Waals surface area (Å²) in [6.07, 6.45) is 1.82. The lowest BCUT2D eigenvalue weighted by Crippen LogP contribution is -2.06. The Balaban J connectivity index is 1.92. The van der Waals surface area contributed by atoms with Crippen molar-refractivity contribution >= 4 is 79.0 Å². The highest BCUT2D eigenvalue weighted by atomic mass is 79.9. The van der Waals surface area contributed by atoms with Crippen LogP contribution in [0, 0.1) is 0 Å². The van der Waals surface area contributed by atoms with Gasteiger partial charge in [0.15, 0.2) is 11.4 Å². The van der Waals surface area contributed by atoms with Crippen LogP contribution in [0.1, 0.15) is 24.5 Å². The summed E-state index contributed by atoms with van der Waals surface area (Å²) in [5.41, 5.74) is 1.31. The number of benzene rings is 2. The molecule has 5 nitrogen and oxygen atoms in total. The van der Waals surface area contributed by atoms with Gasteiger partial charge in [-0.2, -0.15) is 0 Å². The van der Waals surface area contributed by atoms with E-state index in [2.05, 4.69) is 36.9 Å². The first-order valence-electron chi connectivity index (χ1n) is 7.96. The van der Waals surface area contributed by atoms with Gasteiger partial charge in [-0.25, -0.2) is 9.79 Å². The van der Waals surface area contributed by atoms with Crippen LogP contribution in [0.4, 0.5) is 0 Å². The largest absolute Gasteiger partial charge is 0.424 e. The normalized spacial score (nSPS) is 14.8. The lowest BCUT2D eigenvalue weighted by Gasteiger charge is -2.09. The maximum atomic E-state index is 12.2. The molecule has 0 N–H and O–H groups in total. The fourth-order valence-electron chi connectivity index (χ4n) is 2.27. The van der Waals surface area contributed by atoms with Crippen molar-refractivity contribution in [2.24, 2.45) is 4.99 Å². The Hall–Kier alpha value is -1.67. The second-order valence-corrected chi connectivity index (χ2v) is 8.13. The zero-order valence-electron chi connectivity index (χ0n) is 14.3. The van der Waals surface area contributed by atoms with Gasteiger partial charge in [0, 0.05) is 12.0 Å². The van der Waals surface area contributed by atoms with Gasteiger partial charge in [-0.15, -0.1) is 0 Å². The third kappa shape index (κ3) is 4.66. The van der Waals surface area contributed by atoms with Crippen molar-refractivity contribution in [2.45, 2.75) is 13.3 Å². The summed E-state index contributed by atoms with van der Waals surface area (Å²) >= 11 is 18.6. The number of carbonyl (C=O) groups is 2. The molecule has 0 bridgehead atoms. The van der Waals surface area contributed by atoms with Crippen molar-refractivity contribution in [3.05, 3.63) is 66.1 Å². The highest BCUT2D eigenvalue weighted by Gasteiger charge is 2.25. The smallest absolute Gasteiger partial charge is 0.363 e. The van der Waals surface area contributed by atoms with E-state index in [4.69, 9.17) is 32.7 Å². The molecule has 0 amide bonds. The Morgan fingerprint density at radius 1 is 1.18 bits per heavy atom. The highest BCUT2D eigenvalue weighted by molar-refractivity contribution is 9.11. The number of carbonyl (C=O) groups excluding carboxylic acids is 2. The molecule has 0 unspecified atom stereocenters. The quantitative estimate of drug-likeness (QED) is 0.260. The Morgan fingerprint density at radius 3 is 2.46 bits per heavy atom. The molecule has 0 radical (unpaired) electrons. The minimum atomic E-state index is -0.588. The fourth-order valence-corrected chi connectivity index (χ4v) is 3.95. The van der Waals surface area contributed by atoms with Crippen LogP contribution in [0.5, 0.6) is 5.75 Å². The number of hydrogen-bond donors (Lipinski definition) is 0. The van der Waals surface area contributed by atoms with Crippen molar-refractivity contribution < 1.29 is 19.1 Å². The summed E-state index contributed by atoms with van der Waals surface area (Å²) in [7, 11) is 0. The number of rotatable bonds is 4. The zero-order valence-corrected chi connectivity index (χ0v) is 18.9. The molecular formula is C19H11Br2Cl2NO4. The predicted molar refractivity (Wildman–Crippen MR) is 115 cm³/mol. The fraction of sp³-hybridized carbons (Fsp3) is 0.105. The molecule has 0 aromatic heterocycles. The van der Waals surface area contributed by atoms with Gasteiger partial charge in [-0.1, -0.05) is 30.1 Å². The van der Waals surface area contributed by atoms with Crippen LogP contribution < -0.4 is 4.74 Å². The molecule has 3 rings (SSSR count). The molecule has 0 fully saturated rings. The van der Waals surface area contributed by atoms with Crippen LogP contribution >= 0.6 is 55.1 Å². The number of cyclic esters (lactones) is 1. The SMILES string of the molecule is CCC(=O)Oc1c(Br)cc(/C=C2\N=C(c3ccc(Cl)c(Cl)c3)OC2=O)cc1Br. The minimum Gasteiger partial charge on any atom is -0.424 e. The van der Waals surface area contributed by atoms with Crippen LogP contribution in [0.3, 0.4) is 0 Å². The van der Waals surface area contributed by atoms with Gasteiger partial charge in [0.2, 0.25) is 5.90 Å². The van der Waals surface area contributed by atoms with Gasteiger partial charge in [-0.3, -0.25) is 4.79 Å². The first kappa shape index (κ1) is 21.0. The van der Waals surface area contributed by atoms with Crippen molar-refractivity contribution in [1.29, 1.82) is 0 Å². The van der Waals surface area contributed by atoms with E-state index in [1.165, 1.54) is 0 Å². The van der Waals surface area contributed by atoms with Gasteiger partial charge in [0.05, 0.1) is 19.0 Å². The molecule has 0 saturated carbocycles. The van der Waals surface area contributed by atoms with Gasteiger partial charge in [0.25, 0.3) is 0 Å². The molecule has 0 atom stereocenters. The van der Waals surface area contributed by atoms with Crippen LogP contribution in [0.2, 0.25) is 10.0 Å². The second kappa shape index (κ2) is 8.78. The number of hydrogen-bond acceptors (Lipinski definition) is 5. The molecule has 28 heavy (non-hydrogen) atoms. The van der Waals surface area contributed by atoms with Gasteiger partial charge in [-0.05, 0) is 73.8 Å². The molecule has 1 aliphatic rings. The summed E-state index contributed by atoms with van der Waals surface area (Å²) in [6, 6.07) is 8.24. The lowest BCUT2D eigenvalue weighted by atomic mass is 10.2. The number of esters is 2. The van der Waals surface area contributed by atoms with E-state index in [1.54, 1.807) is 43.3 Å². The van der Waals surface area contributed by atoms with Gasteiger partial charge >= 0.3 is 11.9 Å². The highest BCUT2D eigenvalue weighted by Crippen LogP contribution is 2.36. The molecule has 9 heteroatoms. The maximum absolute atomic E-state index is 12.2. The molecule has 0 spiro atoms. The van der Waals surface area contributed by atoms with E-state index in [0.29, 0.717) is 35.9 Å². The average molecular weight is 548 g/mol. The van der Waals surface area contributed by atoms with E-state index >= 15 is 0 Å². The molecule has 144 valence electrons. The minimum absolute atomic E-state index is 0.123. The molecule has 2 aromatic rings. The summed E-state index contributed by atoms with van der Waals surface area (Å²) in [5.74, 6) is -0.443. The standard InChI is InChI=1S/C19H11Br2Cl2NO4/c1-2-16(25)27-17-11(20)5-9(6-12(17)21)7-15-19(26)28-18(24-15)10-3-4-13(22)14(23)8-10/h3-8H,2H2,1H3/b15-7-. The number of ether oxygens (including phenoxy) is 2. The molecule has 0 aliphatic carbocycles. The topological polar surface area (TPSA) is 65.0 Å². The zero-order chi connectivity index (χ0) is 20.4. The summed E-state index contributed by atoms with van der Waals surface area (Å²) < 4.78 is 11.6. The van der Waals surface area contributed by atoms with Crippen LogP contribution in [0.15, 0.2) is 50.0 Å². The summed E-state index contributed by atoms with van der Waals surface area (Å²) in [4.78, 5) is 28.0. The first-order valence-corrected chi connectivity index (χ1v) is 10.3. The average Bonchev–Trinajstić information content (AvgIpc) is 3.00. The van der Waals surface area contributed by atoms with E-state index in [0.717, 1.165) is 0 Å². The van der Waals surface area contributed by atoms with E-state index in [-0.39, 0.29) is 24.0 Å². The van der Waals surface area contributed by atoms with Crippen molar-refractivity contribution in [1.82, 2.24) is 0 Å². The molecular weight excluding hydrogens is 537 g/mol. The monoisotopic (exact) mass is 545 g/mol. The maximum Gasteiger partial charge on any atom is 0.363 e. The second-order valence-electron chi connectivity index (χ2n) is 5.61. The van der Waals surface area contributed by atoms with Crippen LogP contribution in [-0.4, -0.2) is 17.8 Å². The molecule has 0 saturated heterocycles. The van der Waals surface area contributed by atoms with E-state index < -0.39 is 5.97 Å². The Bertz CT molecular complexity index is 1030. The third-order valence-corrected chi connectivity index (χ3v) is 5.53. The van der Waals surface area contributed by atoms with E-state index in [9.17, 15) is 9.59 Å². The lowest BCUT2D eigenvalue weighted by molar-refractivity contribution is -0.134. The molecule has 1 aliphatic heterocycles. The Labute approximate surface area is 187 Å². The Morgan fingerprint density at radius 2 is 1.86 bits per heavy atom. The van der Waals surface area contributed by atoms with Crippen molar-refractivity contribution in [2.75, 3.05) is 0 Å². The van der Waals surface area contributed by atoms with E-state index in [1.807, 2.05) is 0 Å². The van der Waals surface area contributed by atoms with Crippen LogP contribution in [-0.2, 0) is 14.3 Å². The van der Waals surface area contributed by atoms with Crippen molar-refractivity contribution in [3.63, 3.8) is 0 Å². The molecule has 2 aromatic carbocycles. The Kier molecular flexibility index (Phi) is 6.60. The van der Waals surface area contributed by atoms with Crippen LogP contribution in [0.25, 0.3) is 6.08 Å². The van der Waals surface area contributed by atoms with Crippen molar-refractivity contribution in [3.8, 4) is 5.75 Å². The first-order chi connectivity index (χ1) is 13.3. The predicted octanol–water partition coefficient (Wildman–Crippen LogP) is 6.18. The van der Waals surface area contributed by atoms with Gasteiger partial charge < -0.3 is 9.47 Å². The van der Waals surface area contributed by atoms with Gasteiger partial charge in [0.1, 0.15) is 0 Å². The summed E-state index contributed by atoms with van der Waals surface area (Å²) in [6.45, 7) is 1.71. The number of halogens is 4. The summed E-state index contributed by atoms with van der Waals surface area (Å²) in [5, 5.41) is 0.727. The third-order valence-electron chi connectivity index (χ3n) is 3.62.